The summed E-state index contributed by atoms with van der Waals surface area (Å²) in [7, 11) is 0. The first-order chi connectivity index (χ1) is 7.61. The van der Waals surface area contributed by atoms with Crippen LogP contribution in [-0.4, -0.2) is 21.7 Å². The second-order valence-electron chi connectivity index (χ2n) is 3.58. The van der Waals surface area contributed by atoms with Crippen LogP contribution in [0.4, 0.5) is 0 Å². The smallest absolute Gasteiger partial charge is 0.252 e. The fourth-order valence-electron chi connectivity index (χ4n) is 1.60. The predicted octanol–water partition coefficient (Wildman–Crippen LogP) is 0.226. The maximum Gasteiger partial charge on any atom is 0.252 e. The van der Waals surface area contributed by atoms with Crippen LogP contribution in [0.2, 0.25) is 0 Å². The zero-order valence-corrected chi connectivity index (χ0v) is 8.47. The normalized spacial score (nSPS) is 12.9. The Bertz CT molecular complexity index is 577. The molecule has 84 valence electrons. The third-order valence-electron chi connectivity index (χ3n) is 2.45. The molecule has 0 bridgehead atoms. The summed E-state index contributed by atoms with van der Waals surface area (Å²) in [5, 5.41) is 19.6. The minimum atomic E-state index is -0.768. The zero-order chi connectivity index (χ0) is 11.7. The number of hydrogen-bond donors (Lipinski definition) is 4. The van der Waals surface area contributed by atoms with E-state index in [1.54, 1.807) is 18.2 Å². The van der Waals surface area contributed by atoms with Gasteiger partial charge >= 0.3 is 0 Å². The second-order valence-corrected chi connectivity index (χ2v) is 3.58. The summed E-state index contributed by atoms with van der Waals surface area (Å²) < 4.78 is 0. The highest BCUT2D eigenvalue weighted by Crippen LogP contribution is 2.24. The Morgan fingerprint density at radius 3 is 2.81 bits per heavy atom. The van der Waals surface area contributed by atoms with Crippen LogP contribution in [-0.2, 0) is 0 Å². The fourth-order valence-corrected chi connectivity index (χ4v) is 1.60. The third kappa shape index (κ3) is 1.78. The molecule has 0 saturated carbocycles. The number of H-pyrrole nitrogens is 1. The van der Waals surface area contributed by atoms with E-state index < -0.39 is 6.10 Å². The molecule has 5 N–H and O–H groups in total. The number of nitrogens with one attached hydrogen (secondary N) is 1. The van der Waals surface area contributed by atoms with Gasteiger partial charge in [-0.15, -0.1) is 0 Å². The highest BCUT2D eigenvalue weighted by Gasteiger charge is 2.08. The molecule has 0 saturated heterocycles. The van der Waals surface area contributed by atoms with Gasteiger partial charge in [-0.1, -0.05) is 6.07 Å². The van der Waals surface area contributed by atoms with Crippen LogP contribution in [0.1, 0.15) is 11.7 Å². The van der Waals surface area contributed by atoms with Gasteiger partial charge in [0.25, 0.3) is 5.56 Å². The van der Waals surface area contributed by atoms with Crippen LogP contribution >= 0.6 is 0 Å². The van der Waals surface area contributed by atoms with E-state index in [1.165, 1.54) is 0 Å². The highest BCUT2D eigenvalue weighted by atomic mass is 16.3. The molecule has 1 heterocycles. The lowest BCUT2D eigenvalue weighted by Gasteiger charge is -2.09. The van der Waals surface area contributed by atoms with E-state index in [-0.39, 0.29) is 17.9 Å². The van der Waals surface area contributed by atoms with Gasteiger partial charge in [0.05, 0.1) is 11.6 Å². The summed E-state index contributed by atoms with van der Waals surface area (Å²) in [4.78, 5) is 13.7. The minimum absolute atomic E-state index is 0.107. The first-order valence-corrected chi connectivity index (χ1v) is 4.86. The number of fused-ring (bicyclic) bond motifs is 1. The number of nitrogens with two attached hydrogens (primary N) is 1. The molecule has 1 aromatic carbocycles. The molecule has 0 aliphatic rings. The van der Waals surface area contributed by atoms with Crippen LogP contribution in [0.5, 0.6) is 5.75 Å². The van der Waals surface area contributed by atoms with Gasteiger partial charge in [-0.25, -0.2) is 0 Å². The van der Waals surface area contributed by atoms with Crippen molar-refractivity contribution >= 4 is 10.9 Å². The van der Waals surface area contributed by atoms with Crippen molar-refractivity contribution in [1.29, 1.82) is 0 Å². The average molecular weight is 220 g/mol. The lowest BCUT2D eigenvalue weighted by Crippen LogP contribution is -2.11. The number of aliphatic hydroxyl groups excluding tert-OH is 1. The molecule has 16 heavy (non-hydrogen) atoms. The molecule has 5 nitrogen and oxygen atoms in total. The number of hydrogen-bond acceptors (Lipinski definition) is 4. The van der Waals surface area contributed by atoms with E-state index in [0.29, 0.717) is 16.5 Å². The first kappa shape index (κ1) is 10.7. The van der Waals surface area contributed by atoms with Gasteiger partial charge in [0, 0.05) is 18.0 Å². The zero-order valence-electron chi connectivity index (χ0n) is 8.47. The molecular formula is C11H12N2O3. The van der Waals surface area contributed by atoms with Crippen molar-refractivity contribution in [2.24, 2.45) is 5.73 Å². The molecule has 2 aromatic rings. The number of aromatic nitrogens is 1. The van der Waals surface area contributed by atoms with Gasteiger partial charge in [0.1, 0.15) is 5.75 Å². The molecular weight excluding hydrogens is 208 g/mol. The molecule has 0 radical (unpaired) electrons. The molecule has 0 aliphatic carbocycles. The summed E-state index contributed by atoms with van der Waals surface area (Å²) >= 11 is 0. The monoisotopic (exact) mass is 220 g/mol. The van der Waals surface area contributed by atoms with E-state index in [0.717, 1.165) is 6.07 Å². The Morgan fingerprint density at radius 1 is 1.38 bits per heavy atom. The lowest BCUT2D eigenvalue weighted by molar-refractivity contribution is 0.187. The number of benzene rings is 1. The summed E-state index contributed by atoms with van der Waals surface area (Å²) in [6, 6.07) is 6.00. The number of aromatic hydroxyl groups is 1. The lowest BCUT2D eigenvalue weighted by atomic mass is 10.1. The second kappa shape index (κ2) is 3.96. The topological polar surface area (TPSA) is 99.3 Å². The van der Waals surface area contributed by atoms with Gasteiger partial charge in [0.15, 0.2) is 0 Å². The molecule has 0 aliphatic heterocycles. The summed E-state index contributed by atoms with van der Waals surface area (Å²) in [5.74, 6) is -0.107. The summed E-state index contributed by atoms with van der Waals surface area (Å²) in [6.07, 6.45) is -0.768. The number of rotatable bonds is 2. The molecule has 1 atom stereocenters. The van der Waals surface area contributed by atoms with Gasteiger partial charge in [-0.3, -0.25) is 4.79 Å². The number of pyridine rings is 1. The molecule has 0 spiro atoms. The van der Waals surface area contributed by atoms with Crippen molar-refractivity contribution < 1.29 is 10.2 Å². The molecule has 5 heteroatoms. The van der Waals surface area contributed by atoms with Crippen molar-refractivity contribution in [1.82, 2.24) is 4.98 Å². The van der Waals surface area contributed by atoms with E-state index in [4.69, 9.17) is 5.73 Å². The quantitative estimate of drug-likeness (QED) is 0.582. The predicted molar refractivity (Wildman–Crippen MR) is 60.2 cm³/mol. The highest BCUT2D eigenvalue weighted by molar-refractivity contribution is 5.85. The van der Waals surface area contributed by atoms with Crippen molar-refractivity contribution in [3.63, 3.8) is 0 Å². The van der Waals surface area contributed by atoms with E-state index >= 15 is 0 Å². The SMILES string of the molecule is NC[C@H](O)c1ccc2[nH]c(=O)cc(O)c2c1. The number of aromatic amines is 1. The Morgan fingerprint density at radius 2 is 2.12 bits per heavy atom. The van der Waals surface area contributed by atoms with Gasteiger partial charge in [-0.05, 0) is 17.7 Å². The van der Waals surface area contributed by atoms with Crippen molar-refractivity contribution in [2.75, 3.05) is 6.54 Å². The van der Waals surface area contributed by atoms with Crippen molar-refractivity contribution in [3.05, 3.63) is 40.2 Å². The third-order valence-corrected chi connectivity index (χ3v) is 2.45. The molecule has 0 unspecified atom stereocenters. The Hall–Kier alpha value is -1.85. The number of aliphatic hydroxyl groups is 1. The standard InChI is InChI=1S/C11H12N2O3/c12-5-10(15)6-1-2-8-7(3-6)9(14)4-11(16)13-8/h1-4,10,15H,5,12H2,(H2,13,14,16)/t10-/m0/s1. The summed E-state index contributed by atoms with van der Waals surface area (Å²) in [6.45, 7) is 0.107. The van der Waals surface area contributed by atoms with Gasteiger partial charge in [-0.2, -0.15) is 0 Å². The van der Waals surface area contributed by atoms with E-state index in [9.17, 15) is 15.0 Å². The van der Waals surface area contributed by atoms with E-state index in [2.05, 4.69) is 4.98 Å². The fraction of sp³-hybridized carbons (Fsp3) is 0.182. The van der Waals surface area contributed by atoms with Crippen LogP contribution in [0.3, 0.4) is 0 Å². The summed E-state index contributed by atoms with van der Waals surface area (Å²) in [5.41, 5.74) is 6.11. The molecule has 0 fully saturated rings. The maximum atomic E-state index is 11.1. The van der Waals surface area contributed by atoms with Crippen LogP contribution < -0.4 is 11.3 Å². The molecule has 0 amide bonds. The van der Waals surface area contributed by atoms with Crippen LogP contribution in [0.25, 0.3) is 10.9 Å². The van der Waals surface area contributed by atoms with Crippen molar-refractivity contribution in [3.8, 4) is 5.75 Å². The molecule has 2 rings (SSSR count). The van der Waals surface area contributed by atoms with Crippen LogP contribution in [0, 0.1) is 0 Å². The Balaban J connectivity index is 2.66. The largest absolute Gasteiger partial charge is 0.507 e. The van der Waals surface area contributed by atoms with Gasteiger partial charge < -0.3 is 20.9 Å². The van der Waals surface area contributed by atoms with Gasteiger partial charge in [0.2, 0.25) is 0 Å². The Kier molecular flexibility index (Phi) is 2.64. The van der Waals surface area contributed by atoms with Crippen molar-refractivity contribution in [2.45, 2.75) is 6.10 Å². The minimum Gasteiger partial charge on any atom is -0.507 e. The first-order valence-electron chi connectivity index (χ1n) is 4.86. The Labute approximate surface area is 91.2 Å². The van der Waals surface area contributed by atoms with E-state index in [1.807, 2.05) is 0 Å². The van der Waals surface area contributed by atoms with Crippen LogP contribution in [0.15, 0.2) is 29.1 Å². The average Bonchev–Trinajstić information content (AvgIpc) is 2.27. The maximum absolute atomic E-state index is 11.1. The molecule has 1 aromatic heterocycles.